The van der Waals surface area contributed by atoms with Crippen molar-refractivity contribution in [2.45, 2.75) is 44.4 Å². The molecule has 0 aliphatic heterocycles. The van der Waals surface area contributed by atoms with Gasteiger partial charge in [0.2, 0.25) is 0 Å². The monoisotopic (exact) mass is 311 g/mol. The van der Waals surface area contributed by atoms with Gasteiger partial charge in [-0.15, -0.1) is 0 Å². The Balaban J connectivity index is 2.25. The molecule has 0 radical (unpaired) electrons. The Morgan fingerprint density at radius 2 is 2.10 bits per heavy atom. The van der Waals surface area contributed by atoms with Gasteiger partial charge in [0, 0.05) is 6.04 Å². The molecule has 0 fully saturated rings. The second kappa shape index (κ2) is 6.36. The molecular formula is C16H25NO3S. The van der Waals surface area contributed by atoms with Crippen LogP contribution in [0.4, 0.5) is 0 Å². The Labute approximate surface area is 127 Å². The number of rotatable bonds is 5. The van der Waals surface area contributed by atoms with Gasteiger partial charge in [-0.1, -0.05) is 19.9 Å². The molecule has 0 spiro atoms. The number of aryl methyl sites for hydroxylation is 1. The fourth-order valence-electron chi connectivity index (χ4n) is 2.87. The number of fused-ring (bicyclic) bond motifs is 1. The van der Waals surface area contributed by atoms with Crippen molar-refractivity contribution in [3.63, 3.8) is 0 Å². The zero-order chi connectivity index (χ0) is 15.6. The summed E-state index contributed by atoms with van der Waals surface area (Å²) < 4.78 is 30.3. The average molecular weight is 311 g/mol. The predicted octanol–water partition coefficient (Wildman–Crippen LogP) is 2.47. The molecule has 1 aliphatic carbocycles. The summed E-state index contributed by atoms with van der Waals surface area (Å²) >= 11 is 0. The molecule has 0 bridgehead atoms. The van der Waals surface area contributed by atoms with Crippen molar-refractivity contribution in [3.8, 4) is 5.75 Å². The maximum Gasteiger partial charge on any atom is 0.155 e. The third-order valence-electron chi connectivity index (χ3n) is 4.25. The molecule has 2 N–H and O–H groups in total. The van der Waals surface area contributed by atoms with E-state index in [0.717, 1.165) is 23.3 Å². The van der Waals surface area contributed by atoms with Gasteiger partial charge in [0.15, 0.2) is 9.84 Å². The zero-order valence-electron chi connectivity index (χ0n) is 13.0. The molecule has 2 rings (SSSR count). The maximum absolute atomic E-state index is 12.6. The van der Waals surface area contributed by atoms with Crippen molar-refractivity contribution in [2.24, 2.45) is 11.7 Å². The molecule has 0 saturated heterocycles. The number of nitrogens with two attached hydrogens (primary N) is 1. The van der Waals surface area contributed by atoms with Crippen molar-refractivity contribution in [1.82, 2.24) is 0 Å². The van der Waals surface area contributed by atoms with E-state index in [1.807, 2.05) is 32.0 Å². The van der Waals surface area contributed by atoms with Crippen LogP contribution in [-0.2, 0) is 16.3 Å². The second-order valence-corrected chi connectivity index (χ2v) is 8.56. The molecule has 0 saturated carbocycles. The lowest BCUT2D eigenvalue weighted by atomic mass is 9.87. The Bertz CT molecular complexity index is 596. The molecule has 2 unspecified atom stereocenters. The van der Waals surface area contributed by atoms with Crippen LogP contribution in [0.1, 0.15) is 43.9 Å². The third-order valence-corrected chi connectivity index (χ3v) is 6.51. The molecule has 21 heavy (non-hydrogen) atoms. The summed E-state index contributed by atoms with van der Waals surface area (Å²) in [7, 11) is -1.55. The van der Waals surface area contributed by atoms with Crippen LogP contribution in [0, 0.1) is 5.92 Å². The van der Waals surface area contributed by atoms with Gasteiger partial charge in [-0.2, -0.15) is 0 Å². The highest BCUT2D eigenvalue weighted by Gasteiger charge is 2.36. The molecule has 0 aromatic heterocycles. The minimum absolute atomic E-state index is 0.225. The third kappa shape index (κ3) is 3.58. The van der Waals surface area contributed by atoms with E-state index in [4.69, 9.17) is 10.5 Å². The highest BCUT2D eigenvalue weighted by atomic mass is 32.2. The molecule has 0 heterocycles. The summed E-state index contributed by atoms with van der Waals surface area (Å²) in [6.45, 7) is 4.08. The van der Waals surface area contributed by atoms with Gasteiger partial charge in [0.25, 0.3) is 0 Å². The van der Waals surface area contributed by atoms with Gasteiger partial charge < -0.3 is 10.5 Å². The number of hydrogen-bond donors (Lipinski definition) is 1. The topological polar surface area (TPSA) is 69.4 Å². The summed E-state index contributed by atoms with van der Waals surface area (Å²) in [5.74, 6) is 1.33. The average Bonchev–Trinajstić information content (AvgIpc) is 2.45. The van der Waals surface area contributed by atoms with Crippen molar-refractivity contribution >= 4 is 9.84 Å². The van der Waals surface area contributed by atoms with Crippen molar-refractivity contribution in [2.75, 3.05) is 12.9 Å². The molecule has 1 aromatic rings. The van der Waals surface area contributed by atoms with E-state index in [-0.39, 0.29) is 5.75 Å². The number of benzene rings is 1. The van der Waals surface area contributed by atoms with E-state index in [2.05, 4.69) is 0 Å². The highest BCUT2D eigenvalue weighted by molar-refractivity contribution is 7.92. The van der Waals surface area contributed by atoms with E-state index in [0.29, 0.717) is 18.8 Å². The van der Waals surface area contributed by atoms with E-state index in [9.17, 15) is 8.42 Å². The lowest BCUT2D eigenvalue weighted by Crippen LogP contribution is -2.39. The Kier molecular flexibility index (Phi) is 4.94. The van der Waals surface area contributed by atoms with Gasteiger partial charge >= 0.3 is 0 Å². The number of ether oxygens (including phenoxy) is 1. The second-order valence-electron chi connectivity index (χ2n) is 6.22. The molecule has 5 heteroatoms. The van der Waals surface area contributed by atoms with Crippen LogP contribution in [0.2, 0.25) is 0 Å². The first kappa shape index (κ1) is 16.3. The van der Waals surface area contributed by atoms with Gasteiger partial charge in [-0.25, -0.2) is 8.42 Å². The normalized spacial score (nSPS) is 22.1. The maximum atomic E-state index is 12.6. The van der Waals surface area contributed by atoms with Crippen LogP contribution in [0.3, 0.4) is 0 Å². The van der Waals surface area contributed by atoms with Crippen molar-refractivity contribution in [3.05, 3.63) is 29.3 Å². The van der Waals surface area contributed by atoms with E-state index in [1.54, 1.807) is 7.11 Å². The summed E-state index contributed by atoms with van der Waals surface area (Å²) in [4.78, 5) is 0. The zero-order valence-corrected chi connectivity index (χ0v) is 13.8. The van der Waals surface area contributed by atoms with Crippen LogP contribution in [-0.4, -0.2) is 26.5 Å². The summed E-state index contributed by atoms with van der Waals surface area (Å²) in [5.41, 5.74) is 8.33. The van der Waals surface area contributed by atoms with Crippen LogP contribution in [0.25, 0.3) is 0 Å². The van der Waals surface area contributed by atoms with E-state index >= 15 is 0 Å². The fraction of sp³-hybridized carbons (Fsp3) is 0.625. The largest absolute Gasteiger partial charge is 0.497 e. The fourth-order valence-corrected chi connectivity index (χ4v) is 5.04. The first-order valence-corrected chi connectivity index (χ1v) is 9.20. The smallest absolute Gasteiger partial charge is 0.155 e. The number of methoxy groups -OCH3 is 1. The van der Waals surface area contributed by atoms with E-state index in [1.165, 1.54) is 0 Å². The molecule has 1 aliphatic rings. The van der Waals surface area contributed by atoms with Crippen LogP contribution in [0.5, 0.6) is 5.75 Å². The SMILES string of the molecule is COc1ccc2c(c1)C(N)C(S(=O)(=O)CCC(C)C)CC2. The molecule has 0 amide bonds. The van der Waals surface area contributed by atoms with Gasteiger partial charge in [0.1, 0.15) is 5.75 Å². The van der Waals surface area contributed by atoms with Gasteiger partial charge in [-0.3, -0.25) is 0 Å². The summed E-state index contributed by atoms with van der Waals surface area (Å²) in [6, 6.07) is 5.31. The van der Waals surface area contributed by atoms with Crippen molar-refractivity contribution in [1.29, 1.82) is 0 Å². The number of hydrogen-bond acceptors (Lipinski definition) is 4. The molecule has 118 valence electrons. The molecule has 4 nitrogen and oxygen atoms in total. The van der Waals surface area contributed by atoms with Crippen LogP contribution < -0.4 is 10.5 Å². The quantitative estimate of drug-likeness (QED) is 0.907. The van der Waals surface area contributed by atoms with Gasteiger partial charge in [-0.05, 0) is 48.4 Å². The van der Waals surface area contributed by atoms with E-state index < -0.39 is 21.1 Å². The summed E-state index contributed by atoms with van der Waals surface area (Å²) in [5, 5.41) is -0.476. The predicted molar refractivity (Wildman–Crippen MR) is 85.3 cm³/mol. The Hall–Kier alpha value is -1.07. The minimum Gasteiger partial charge on any atom is -0.497 e. The first-order chi connectivity index (χ1) is 9.85. The molecule has 1 aromatic carbocycles. The molecular weight excluding hydrogens is 286 g/mol. The first-order valence-electron chi connectivity index (χ1n) is 7.49. The van der Waals surface area contributed by atoms with Crippen LogP contribution >= 0.6 is 0 Å². The standard InChI is InChI=1S/C16H25NO3S/c1-11(2)8-9-21(18,19)15-7-5-12-4-6-13(20-3)10-14(12)16(15)17/h4,6,10-11,15-16H,5,7-9,17H2,1-3H3. The van der Waals surface area contributed by atoms with Crippen molar-refractivity contribution < 1.29 is 13.2 Å². The molecule has 2 atom stereocenters. The highest BCUT2D eigenvalue weighted by Crippen LogP contribution is 2.35. The lowest BCUT2D eigenvalue weighted by molar-refractivity contribution is 0.412. The number of sulfone groups is 1. The summed E-state index contributed by atoms with van der Waals surface area (Å²) in [6.07, 6.45) is 2.07. The van der Waals surface area contributed by atoms with Gasteiger partial charge in [0.05, 0.1) is 18.1 Å². The van der Waals surface area contributed by atoms with Crippen LogP contribution in [0.15, 0.2) is 18.2 Å². The Morgan fingerprint density at radius 1 is 1.38 bits per heavy atom. The lowest BCUT2D eigenvalue weighted by Gasteiger charge is -2.31. The minimum atomic E-state index is -3.16. The Morgan fingerprint density at radius 3 is 2.71 bits per heavy atom.